The molecule has 0 spiro atoms. The van der Waals surface area contributed by atoms with Crippen molar-refractivity contribution in [2.24, 2.45) is 0 Å². The monoisotopic (exact) mass is 219 g/mol. The molecule has 2 rings (SSSR count). The third-order valence-corrected chi connectivity index (χ3v) is 2.54. The molecule has 0 saturated carbocycles. The zero-order valence-corrected chi connectivity index (χ0v) is 8.77. The van der Waals surface area contributed by atoms with Crippen LogP contribution in [0, 0.1) is 24.0 Å². The van der Waals surface area contributed by atoms with Crippen LogP contribution in [0.15, 0.2) is 17.2 Å². The van der Waals surface area contributed by atoms with Gasteiger partial charge in [-0.2, -0.15) is 0 Å². The lowest BCUT2D eigenvalue weighted by atomic mass is 10.0. The minimum absolute atomic E-state index is 0.0523. The van der Waals surface area contributed by atoms with E-state index in [-0.39, 0.29) is 16.6 Å². The van der Waals surface area contributed by atoms with Gasteiger partial charge in [-0.25, -0.2) is 4.98 Å². The Morgan fingerprint density at radius 3 is 2.75 bits per heavy atom. The molecule has 1 heterocycles. The second-order valence-corrected chi connectivity index (χ2v) is 3.55. The second-order valence-electron chi connectivity index (χ2n) is 3.55. The summed E-state index contributed by atoms with van der Waals surface area (Å²) in [4.78, 5) is 28.4. The van der Waals surface area contributed by atoms with Crippen molar-refractivity contribution in [3.05, 3.63) is 44.0 Å². The van der Waals surface area contributed by atoms with E-state index in [4.69, 9.17) is 0 Å². The summed E-state index contributed by atoms with van der Waals surface area (Å²) < 4.78 is 0. The van der Waals surface area contributed by atoms with E-state index in [9.17, 15) is 14.9 Å². The van der Waals surface area contributed by atoms with Crippen molar-refractivity contribution in [2.45, 2.75) is 13.8 Å². The van der Waals surface area contributed by atoms with Gasteiger partial charge < -0.3 is 4.98 Å². The van der Waals surface area contributed by atoms with Crippen LogP contribution in [0.1, 0.15) is 11.1 Å². The number of hydrogen-bond donors (Lipinski definition) is 1. The predicted molar refractivity (Wildman–Crippen MR) is 58.5 cm³/mol. The molecule has 2 aromatic rings. The fourth-order valence-electron chi connectivity index (χ4n) is 1.75. The summed E-state index contributed by atoms with van der Waals surface area (Å²) in [5, 5.41) is 11.1. The number of nitrogens with zero attached hydrogens (tertiary/aromatic N) is 2. The molecule has 0 atom stereocenters. The van der Waals surface area contributed by atoms with Gasteiger partial charge in [0.05, 0.1) is 22.2 Å². The van der Waals surface area contributed by atoms with Gasteiger partial charge in [-0.15, -0.1) is 0 Å². The molecule has 0 radical (unpaired) electrons. The van der Waals surface area contributed by atoms with Crippen molar-refractivity contribution in [2.75, 3.05) is 0 Å². The lowest BCUT2D eigenvalue weighted by molar-refractivity contribution is -0.385. The zero-order chi connectivity index (χ0) is 11.9. The van der Waals surface area contributed by atoms with Crippen LogP contribution in [0.25, 0.3) is 10.9 Å². The quantitative estimate of drug-likeness (QED) is 0.580. The topological polar surface area (TPSA) is 88.9 Å². The molecule has 6 heteroatoms. The van der Waals surface area contributed by atoms with Crippen molar-refractivity contribution in [3.8, 4) is 0 Å². The van der Waals surface area contributed by atoms with Crippen molar-refractivity contribution < 1.29 is 4.92 Å². The summed E-state index contributed by atoms with van der Waals surface area (Å²) in [5.74, 6) is 0. The highest BCUT2D eigenvalue weighted by atomic mass is 16.6. The largest absolute Gasteiger partial charge is 0.313 e. The van der Waals surface area contributed by atoms with E-state index >= 15 is 0 Å². The van der Waals surface area contributed by atoms with E-state index in [1.165, 1.54) is 12.4 Å². The molecule has 82 valence electrons. The fraction of sp³-hybridized carbons (Fsp3) is 0.200. The zero-order valence-electron chi connectivity index (χ0n) is 8.77. The molecule has 0 amide bonds. The Bertz CT molecular complexity index is 646. The van der Waals surface area contributed by atoms with Gasteiger partial charge in [-0.1, -0.05) is 0 Å². The first-order valence-electron chi connectivity index (χ1n) is 4.64. The lowest BCUT2D eigenvalue weighted by Crippen LogP contribution is -2.10. The Labute approximate surface area is 90.1 Å². The van der Waals surface area contributed by atoms with Gasteiger partial charge in [0.25, 0.3) is 11.2 Å². The van der Waals surface area contributed by atoms with Crippen molar-refractivity contribution >= 4 is 16.6 Å². The summed E-state index contributed by atoms with van der Waals surface area (Å²) in [6.07, 6.45) is 1.29. The molecule has 0 fully saturated rings. The maximum atomic E-state index is 11.6. The average molecular weight is 219 g/mol. The molecule has 0 aliphatic heterocycles. The van der Waals surface area contributed by atoms with Gasteiger partial charge in [0, 0.05) is 11.6 Å². The molecule has 0 unspecified atom stereocenters. The molecule has 0 aliphatic carbocycles. The first-order valence-corrected chi connectivity index (χ1v) is 4.64. The minimum atomic E-state index is -0.492. The lowest BCUT2D eigenvalue weighted by Gasteiger charge is -2.04. The van der Waals surface area contributed by atoms with Crippen LogP contribution in [0.2, 0.25) is 0 Å². The van der Waals surface area contributed by atoms with Crippen molar-refractivity contribution in [1.29, 1.82) is 0 Å². The first-order chi connectivity index (χ1) is 7.52. The Morgan fingerprint density at radius 2 is 2.12 bits per heavy atom. The number of aromatic amines is 1. The predicted octanol–water partition coefficient (Wildman–Crippen LogP) is 1.45. The van der Waals surface area contributed by atoms with Crippen LogP contribution in [0.4, 0.5) is 5.69 Å². The third-order valence-electron chi connectivity index (χ3n) is 2.54. The van der Waals surface area contributed by atoms with Crippen LogP contribution in [0.5, 0.6) is 0 Å². The number of fused-ring (bicyclic) bond motifs is 1. The summed E-state index contributed by atoms with van der Waals surface area (Å²) in [7, 11) is 0. The van der Waals surface area contributed by atoms with E-state index in [1.807, 2.05) is 0 Å². The van der Waals surface area contributed by atoms with Crippen molar-refractivity contribution in [3.63, 3.8) is 0 Å². The SMILES string of the molecule is Cc1cc([N+](=O)[O-])c(C)c2c(=O)[nH]cnc12. The Hall–Kier alpha value is -2.24. The second kappa shape index (κ2) is 3.41. The highest BCUT2D eigenvalue weighted by molar-refractivity contribution is 5.87. The molecule has 0 bridgehead atoms. The third kappa shape index (κ3) is 1.35. The minimum Gasteiger partial charge on any atom is -0.313 e. The molecule has 1 aromatic carbocycles. The summed E-state index contributed by atoms with van der Waals surface area (Å²) in [6, 6.07) is 1.43. The maximum Gasteiger partial charge on any atom is 0.273 e. The standard InChI is InChI=1S/C10H9N3O3/c1-5-3-7(13(15)16)6(2)8-9(5)11-4-12-10(8)14/h3-4H,1-2H3,(H,11,12,14). The van der Waals surface area contributed by atoms with Crippen LogP contribution in [-0.2, 0) is 0 Å². The summed E-state index contributed by atoms with van der Waals surface area (Å²) in [6.45, 7) is 3.25. The van der Waals surface area contributed by atoms with Gasteiger partial charge in [0.1, 0.15) is 0 Å². The Kier molecular flexibility index (Phi) is 2.19. The maximum absolute atomic E-state index is 11.6. The highest BCUT2D eigenvalue weighted by Crippen LogP contribution is 2.26. The van der Waals surface area contributed by atoms with E-state index in [1.54, 1.807) is 13.8 Å². The van der Waals surface area contributed by atoms with E-state index < -0.39 is 4.92 Å². The number of hydrogen-bond acceptors (Lipinski definition) is 4. The molecule has 0 saturated heterocycles. The fourth-order valence-corrected chi connectivity index (χ4v) is 1.75. The van der Waals surface area contributed by atoms with Gasteiger partial charge in [0.2, 0.25) is 0 Å². The molecule has 6 nitrogen and oxygen atoms in total. The van der Waals surface area contributed by atoms with E-state index in [0.717, 1.165) is 0 Å². The molecule has 0 aliphatic rings. The highest BCUT2D eigenvalue weighted by Gasteiger charge is 2.17. The normalized spacial score (nSPS) is 10.6. The van der Waals surface area contributed by atoms with Crippen molar-refractivity contribution in [1.82, 2.24) is 9.97 Å². The van der Waals surface area contributed by atoms with E-state index in [2.05, 4.69) is 9.97 Å². The van der Waals surface area contributed by atoms with Crippen LogP contribution < -0.4 is 5.56 Å². The average Bonchev–Trinajstić information content (AvgIpc) is 2.22. The molecular weight excluding hydrogens is 210 g/mol. The smallest absolute Gasteiger partial charge is 0.273 e. The van der Waals surface area contributed by atoms with Gasteiger partial charge in [-0.3, -0.25) is 14.9 Å². The van der Waals surface area contributed by atoms with Crippen LogP contribution >= 0.6 is 0 Å². The number of nitro groups is 1. The molecule has 1 N–H and O–H groups in total. The Morgan fingerprint density at radius 1 is 1.44 bits per heavy atom. The van der Waals surface area contributed by atoms with Gasteiger partial charge >= 0.3 is 0 Å². The molecule has 16 heavy (non-hydrogen) atoms. The van der Waals surface area contributed by atoms with Crippen LogP contribution in [-0.4, -0.2) is 14.9 Å². The number of benzene rings is 1. The Balaban J connectivity index is 3.04. The molecular formula is C10H9N3O3. The van der Waals surface area contributed by atoms with E-state index in [0.29, 0.717) is 16.6 Å². The number of nitrogens with one attached hydrogen (secondary N) is 1. The molecule has 1 aromatic heterocycles. The van der Waals surface area contributed by atoms with Crippen LogP contribution in [0.3, 0.4) is 0 Å². The summed E-state index contributed by atoms with van der Waals surface area (Å²) in [5.41, 5.74) is 1.07. The number of aromatic nitrogens is 2. The van der Waals surface area contributed by atoms with Gasteiger partial charge in [0.15, 0.2) is 0 Å². The number of H-pyrrole nitrogens is 1. The number of nitro benzene ring substituents is 1. The van der Waals surface area contributed by atoms with Gasteiger partial charge in [-0.05, 0) is 19.4 Å². The number of aryl methyl sites for hydroxylation is 2. The summed E-state index contributed by atoms with van der Waals surface area (Å²) >= 11 is 0. The first kappa shape index (κ1) is 10.3. The number of rotatable bonds is 1.